The Morgan fingerprint density at radius 1 is 1.25 bits per heavy atom. The molecule has 0 unspecified atom stereocenters. The van der Waals surface area contributed by atoms with Gasteiger partial charge in [-0.25, -0.2) is 0 Å². The number of aromatic nitrogens is 1. The van der Waals surface area contributed by atoms with Crippen molar-refractivity contribution < 1.29 is 9.52 Å². The zero-order valence-electron chi connectivity index (χ0n) is 13.4. The predicted molar refractivity (Wildman–Crippen MR) is 91.9 cm³/mol. The van der Waals surface area contributed by atoms with Crippen LogP contribution in [0.15, 0.2) is 51.9 Å². The van der Waals surface area contributed by atoms with E-state index in [1.165, 1.54) is 23.6 Å². The fourth-order valence-electron chi connectivity index (χ4n) is 3.53. The Morgan fingerprint density at radius 3 is 2.96 bits per heavy atom. The van der Waals surface area contributed by atoms with Crippen molar-refractivity contribution in [2.45, 2.75) is 31.8 Å². The number of hydrogen-bond donors (Lipinski definition) is 2. The van der Waals surface area contributed by atoms with E-state index in [9.17, 15) is 9.90 Å². The number of aromatic hydroxyl groups is 1. The molecular formula is C19H20N2O3. The minimum Gasteiger partial charge on any atom is -0.502 e. The van der Waals surface area contributed by atoms with E-state index in [1.807, 2.05) is 12.1 Å². The fraction of sp³-hybridized carbons (Fsp3) is 0.316. The van der Waals surface area contributed by atoms with Crippen LogP contribution < -0.4 is 5.43 Å². The van der Waals surface area contributed by atoms with Crippen molar-refractivity contribution in [1.82, 2.24) is 9.88 Å². The third kappa shape index (κ3) is 2.83. The first-order valence-corrected chi connectivity index (χ1v) is 8.33. The number of hydrogen-bond acceptors (Lipinski definition) is 4. The van der Waals surface area contributed by atoms with Gasteiger partial charge in [-0.15, -0.1) is 0 Å². The van der Waals surface area contributed by atoms with Gasteiger partial charge in [0.05, 0.1) is 12.6 Å². The molecule has 1 aliphatic heterocycles. The number of para-hydroxylation sites is 1. The fourth-order valence-corrected chi connectivity index (χ4v) is 3.53. The largest absolute Gasteiger partial charge is 0.502 e. The molecule has 1 fully saturated rings. The molecule has 1 aliphatic rings. The first-order chi connectivity index (χ1) is 11.7. The van der Waals surface area contributed by atoms with Crippen LogP contribution in [0.1, 0.15) is 36.8 Å². The Hall–Kier alpha value is -2.53. The second-order valence-electron chi connectivity index (χ2n) is 6.39. The minimum atomic E-state index is -0.393. The maximum atomic E-state index is 11.6. The Balaban J connectivity index is 1.62. The summed E-state index contributed by atoms with van der Waals surface area (Å²) in [5.74, 6) is 0.241. The summed E-state index contributed by atoms with van der Waals surface area (Å²) in [5.41, 5.74) is 1.96. The molecule has 0 amide bonds. The zero-order chi connectivity index (χ0) is 16.5. The van der Waals surface area contributed by atoms with Crippen molar-refractivity contribution in [2.75, 3.05) is 6.54 Å². The van der Waals surface area contributed by atoms with Gasteiger partial charge in [0.15, 0.2) is 5.75 Å². The highest BCUT2D eigenvalue weighted by Gasteiger charge is 2.26. The van der Waals surface area contributed by atoms with Gasteiger partial charge in [0.25, 0.3) is 0 Å². The van der Waals surface area contributed by atoms with E-state index in [0.29, 0.717) is 12.3 Å². The van der Waals surface area contributed by atoms with Gasteiger partial charge in [-0.1, -0.05) is 24.6 Å². The van der Waals surface area contributed by atoms with Crippen molar-refractivity contribution in [3.63, 3.8) is 0 Å². The van der Waals surface area contributed by atoms with Gasteiger partial charge >= 0.3 is 0 Å². The summed E-state index contributed by atoms with van der Waals surface area (Å²) < 4.78 is 5.38. The van der Waals surface area contributed by atoms with Crippen LogP contribution in [-0.2, 0) is 6.54 Å². The van der Waals surface area contributed by atoms with Crippen LogP contribution >= 0.6 is 0 Å². The van der Waals surface area contributed by atoms with E-state index in [2.05, 4.69) is 28.1 Å². The summed E-state index contributed by atoms with van der Waals surface area (Å²) in [6.07, 6.45) is 4.53. The number of likely N-dealkylation sites (tertiary alicyclic amines) is 1. The summed E-state index contributed by atoms with van der Waals surface area (Å²) in [6.45, 7) is 1.53. The molecule has 0 aliphatic carbocycles. The molecule has 0 bridgehead atoms. The molecule has 1 aromatic carbocycles. The highest BCUT2D eigenvalue weighted by atomic mass is 16.4. The second-order valence-corrected chi connectivity index (χ2v) is 6.39. The normalized spacial score (nSPS) is 18.9. The monoisotopic (exact) mass is 324 g/mol. The third-order valence-electron chi connectivity index (χ3n) is 4.75. The minimum absolute atomic E-state index is 0.283. The lowest BCUT2D eigenvalue weighted by atomic mass is 9.99. The van der Waals surface area contributed by atoms with Gasteiger partial charge in [-0.3, -0.25) is 9.69 Å². The molecule has 3 aromatic rings. The van der Waals surface area contributed by atoms with Crippen molar-refractivity contribution >= 4 is 10.9 Å². The number of piperidine rings is 1. The standard InChI is InChI=1S/C19H20N2O3/c22-18-10-14(24-12-19(18)23)11-21-8-4-3-7-17(21)16-9-13-5-1-2-6-15(13)20-16/h1-2,5-6,9-10,12,17,20,23H,3-4,7-8,11H2/t17-/m0/s1. The van der Waals surface area contributed by atoms with E-state index in [1.54, 1.807) is 0 Å². The van der Waals surface area contributed by atoms with Gasteiger partial charge in [-0.05, 0) is 36.9 Å². The van der Waals surface area contributed by atoms with Crippen molar-refractivity contribution in [3.8, 4) is 5.75 Å². The molecule has 0 spiro atoms. The van der Waals surface area contributed by atoms with Crippen LogP contribution in [0, 0.1) is 0 Å². The Labute approximate surface area is 139 Å². The first kappa shape index (κ1) is 15.0. The molecule has 3 heterocycles. The number of benzene rings is 1. The first-order valence-electron chi connectivity index (χ1n) is 8.33. The Kier molecular flexibility index (Phi) is 3.86. The molecule has 5 nitrogen and oxygen atoms in total. The van der Waals surface area contributed by atoms with Gasteiger partial charge in [0.1, 0.15) is 12.0 Å². The summed E-state index contributed by atoms with van der Waals surface area (Å²) >= 11 is 0. The molecule has 0 saturated carbocycles. The van der Waals surface area contributed by atoms with E-state index in [-0.39, 0.29) is 11.8 Å². The van der Waals surface area contributed by atoms with Crippen LogP contribution in [0.5, 0.6) is 5.75 Å². The van der Waals surface area contributed by atoms with Crippen LogP contribution in [-0.4, -0.2) is 21.5 Å². The summed E-state index contributed by atoms with van der Waals surface area (Å²) in [5, 5.41) is 10.6. The SMILES string of the molecule is O=c1cc(CN2CCCC[C@H]2c2cc3ccccc3[nH]2)occ1O. The lowest BCUT2D eigenvalue weighted by Crippen LogP contribution is -2.33. The number of aromatic amines is 1. The lowest BCUT2D eigenvalue weighted by molar-refractivity contribution is 0.126. The maximum Gasteiger partial charge on any atom is 0.226 e. The molecule has 0 radical (unpaired) electrons. The molecule has 4 rings (SSSR count). The van der Waals surface area contributed by atoms with Crippen molar-refractivity contribution in [3.05, 3.63) is 64.3 Å². The number of nitrogens with zero attached hydrogens (tertiary/aromatic N) is 1. The summed E-state index contributed by atoms with van der Waals surface area (Å²) in [6, 6.07) is 12.2. The number of H-pyrrole nitrogens is 1. The van der Waals surface area contributed by atoms with Crippen LogP contribution in [0.4, 0.5) is 0 Å². The third-order valence-corrected chi connectivity index (χ3v) is 4.75. The molecule has 1 saturated heterocycles. The van der Waals surface area contributed by atoms with E-state index >= 15 is 0 Å². The molecule has 2 aromatic heterocycles. The summed E-state index contributed by atoms with van der Waals surface area (Å²) in [4.78, 5) is 17.5. The van der Waals surface area contributed by atoms with Gasteiger partial charge in [-0.2, -0.15) is 0 Å². The molecule has 1 atom stereocenters. The van der Waals surface area contributed by atoms with Crippen LogP contribution in [0.2, 0.25) is 0 Å². The quantitative estimate of drug-likeness (QED) is 0.773. The lowest BCUT2D eigenvalue weighted by Gasteiger charge is -2.34. The topological polar surface area (TPSA) is 69.5 Å². The highest BCUT2D eigenvalue weighted by molar-refractivity contribution is 5.80. The molecule has 24 heavy (non-hydrogen) atoms. The van der Waals surface area contributed by atoms with Gasteiger partial charge < -0.3 is 14.5 Å². The van der Waals surface area contributed by atoms with Gasteiger partial charge in [0.2, 0.25) is 5.43 Å². The number of fused-ring (bicyclic) bond motifs is 1. The molecule has 5 heteroatoms. The maximum absolute atomic E-state index is 11.6. The second kappa shape index (κ2) is 6.17. The van der Waals surface area contributed by atoms with Crippen LogP contribution in [0.3, 0.4) is 0 Å². The molecule has 2 N–H and O–H groups in total. The van der Waals surface area contributed by atoms with E-state index < -0.39 is 5.43 Å². The van der Waals surface area contributed by atoms with Gasteiger partial charge in [0, 0.05) is 17.3 Å². The smallest absolute Gasteiger partial charge is 0.226 e. The number of nitrogens with one attached hydrogen (secondary N) is 1. The Morgan fingerprint density at radius 2 is 2.12 bits per heavy atom. The molecule has 124 valence electrons. The van der Waals surface area contributed by atoms with Crippen LogP contribution in [0.25, 0.3) is 10.9 Å². The number of rotatable bonds is 3. The Bertz CT molecular complexity index is 879. The average Bonchev–Trinajstić information content (AvgIpc) is 3.02. The zero-order valence-corrected chi connectivity index (χ0v) is 13.4. The average molecular weight is 324 g/mol. The molecular weight excluding hydrogens is 304 g/mol. The predicted octanol–water partition coefficient (Wildman–Crippen LogP) is 3.55. The van der Waals surface area contributed by atoms with E-state index in [4.69, 9.17) is 4.42 Å². The van der Waals surface area contributed by atoms with Crippen molar-refractivity contribution in [1.29, 1.82) is 0 Å². The summed E-state index contributed by atoms with van der Waals surface area (Å²) in [7, 11) is 0. The van der Waals surface area contributed by atoms with E-state index in [0.717, 1.165) is 31.2 Å². The van der Waals surface area contributed by atoms with Crippen molar-refractivity contribution in [2.24, 2.45) is 0 Å². The highest BCUT2D eigenvalue weighted by Crippen LogP contribution is 2.33.